The second-order valence-corrected chi connectivity index (χ2v) is 13.6. The molecule has 4 rings (SSSR count). The van der Waals surface area contributed by atoms with Gasteiger partial charge < -0.3 is 25.6 Å². The minimum absolute atomic E-state index is 0.129. The molecule has 216 valence electrons. The summed E-state index contributed by atoms with van der Waals surface area (Å²) in [7, 11) is 2.00. The van der Waals surface area contributed by atoms with E-state index in [-0.39, 0.29) is 23.7 Å². The molecule has 11 nitrogen and oxygen atoms in total. The first-order chi connectivity index (χ1) is 18.9. The van der Waals surface area contributed by atoms with Crippen LogP contribution in [0.25, 0.3) is 0 Å². The van der Waals surface area contributed by atoms with Crippen LogP contribution < -0.4 is 16.0 Å². The number of carbonyl (C=O) groups is 4. The summed E-state index contributed by atoms with van der Waals surface area (Å²) in [4.78, 5) is 62.8. The number of rotatable bonds is 6. The molecule has 1 saturated carbocycles. The monoisotopic (exact) mass is 650 g/mol. The number of esters is 1. The van der Waals surface area contributed by atoms with Gasteiger partial charge in [0, 0.05) is 36.6 Å². The lowest BCUT2D eigenvalue weighted by Crippen LogP contribution is -2.56. The first-order valence-corrected chi connectivity index (χ1v) is 14.7. The Morgan fingerprint density at radius 2 is 1.90 bits per heavy atom. The molecule has 3 amide bonds. The Hall–Kier alpha value is -2.22. The SMILES string of the molecule is CN1CCc2nc(C(=O)N[C@@H]3C[C@@H](C(=O)OCC(Cl)(Cl)Cl)CC[C@@H]3NC(=O)C(=O)Nc3ccc(Cl)cn3)sc2C1. The number of carbonyl (C=O) groups excluding carboxylic acids is 4. The number of anilines is 1. The van der Waals surface area contributed by atoms with Gasteiger partial charge in [0.05, 0.1) is 22.7 Å². The minimum Gasteiger partial charge on any atom is -0.461 e. The Morgan fingerprint density at radius 1 is 1.12 bits per heavy atom. The molecule has 40 heavy (non-hydrogen) atoms. The number of fused-ring (bicyclic) bond motifs is 1. The van der Waals surface area contributed by atoms with Crippen molar-refractivity contribution in [2.24, 2.45) is 5.92 Å². The number of pyridine rings is 1. The smallest absolute Gasteiger partial charge is 0.314 e. The summed E-state index contributed by atoms with van der Waals surface area (Å²) in [5, 5.41) is 8.63. The number of amides is 3. The van der Waals surface area contributed by atoms with E-state index in [0.29, 0.717) is 18.0 Å². The molecule has 1 aliphatic carbocycles. The summed E-state index contributed by atoms with van der Waals surface area (Å²) in [6.07, 6.45) is 2.79. The quantitative estimate of drug-likeness (QED) is 0.246. The van der Waals surface area contributed by atoms with Crippen molar-refractivity contribution in [1.82, 2.24) is 25.5 Å². The molecular weight excluding hydrogens is 626 g/mol. The van der Waals surface area contributed by atoms with Gasteiger partial charge in [-0.1, -0.05) is 46.4 Å². The van der Waals surface area contributed by atoms with Gasteiger partial charge in [0.15, 0.2) is 5.01 Å². The normalized spacial score (nSPS) is 21.2. The van der Waals surface area contributed by atoms with E-state index in [9.17, 15) is 19.2 Å². The van der Waals surface area contributed by atoms with Crippen LogP contribution in [-0.4, -0.2) is 74.6 Å². The average Bonchev–Trinajstić information content (AvgIpc) is 3.32. The summed E-state index contributed by atoms with van der Waals surface area (Å²) < 4.78 is 3.38. The van der Waals surface area contributed by atoms with Crippen molar-refractivity contribution < 1.29 is 23.9 Å². The molecule has 1 fully saturated rings. The predicted molar refractivity (Wildman–Crippen MR) is 152 cm³/mol. The molecule has 1 aliphatic heterocycles. The highest BCUT2D eigenvalue weighted by Crippen LogP contribution is 2.30. The standard InChI is InChI=1S/C24H26Cl4N6O5S/c1-34-7-6-15-17(10-34)40-22(32-15)21(37)31-16-8-12(23(38)39-11-24(26,27)28)2-4-14(16)30-19(35)20(36)33-18-5-3-13(25)9-29-18/h3,5,9,12,14,16H,2,4,6-8,10-11H2,1H3,(H,30,35)(H,31,37)(H,29,33,36)/t12-,14-,16+/m0/s1. The molecule has 3 N–H and O–H groups in total. The first-order valence-electron chi connectivity index (χ1n) is 12.3. The van der Waals surface area contributed by atoms with Crippen molar-refractivity contribution in [1.29, 1.82) is 0 Å². The second kappa shape index (κ2) is 13.2. The Morgan fingerprint density at radius 3 is 2.60 bits per heavy atom. The average molecular weight is 652 g/mol. The number of aromatic nitrogens is 2. The summed E-state index contributed by atoms with van der Waals surface area (Å²) in [5.74, 6) is -3.37. The number of alkyl halides is 3. The highest BCUT2D eigenvalue weighted by molar-refractivity contribution is 7.13. The van der Waals surface area contributed by atoms with Crippen LogP contribution in [0.1, 0.15) is 39.6 Å². The largest absolute Gasteiger partial charge is 0.461 e. The Bertz CT molecular complexity index is 1270. The van der Waals surface area contributed by atoms with E-state index >= 15 is 0 Å². The van der Waals surface area contributed by atoms with Crippen LogP contribution in [0.15, 0.2) is 18.3 Å². The zero-order valence-electron chi connectivity index (χ0n) is 21.2. The lowest BCUT2D eigenvalue weighted by Gasteiger charge is -2.36. The van der Waals surface area contributed by atoms with Crippen LogP contribution in [0.4, 0.5) is 5.82 Å². The number of nitrogens with zero attached hydrogens (tertiary/aromatic N) is 3. The van der Waals surface area contributed by atoms with Crippen molar-refractivity contribution in [2.45, 2.75) is 48.1 Å². The maximum atomic E-state index is 13.2. The van der Waals surface area contributed by atoms with E-state index in [1.807, 2.05) is 7.05 Å². The third-order valence-electron chi connectivity index (χ3n) is 6.49. The van der Waals surface area contributed by atoms with Gasteiger partial charge in [0.25, 0.3) is 5.91 Å². The number of likely N-dealkylation sites (N-methyl/N-ethyl adjacent to an activating group) is 1. The molecule has 3 heterocycles. The Balaban J connectivity index is 1.45. The maximum absolute atomic E-state index is 13.2. The molecule has 2 aliphatic rings. The molecular formula is C24H26Cl4N6O5S. The van der Waals surface area contributed by atoms with Crippen LogP contribution in [0.3, 0.4) is 0 Å². The molecule has 2 aromatic heterocycles. The zero-order valence-corrected chi connectivity index (χ0v) is 25.1. The molecule has 2 aromatic rings. The number of thiazole rings is 1. The van der Waals surface area contributed by atoms with E-state index in [4.69, 9.17) is 51.1 Å². The van der Waals surface area contributed by atoms with Gasteiger partial charge in [0.1, 0.15) is 12.4 Å². The summed E-state index contributed by atoms with van der Waals surface area (Å²) >= 11 is 24.2. The number of halogens is 4. The van der Waals surface area contributed by atoms with Crippen LogP contribution in [-0.2, 0) is 32.1 Å². The lowest BCUT2D eigenvalue weighted by molar-refractivity contribution is -0.150. The Labute approximate surface area is 254 Å². The van der Waals surface area contributed by atoms with E-state index in [2.05, 4.69) is 30.8 Å². The number of hydrogen-bond donors (Lipinski definition) is 3. The molecule has 3 atom stereocenters. The van der Waals surface area contributed by atoms with Crippen LogP contribution in [0.5, 0.6) is 0 Å². The third kappa shape index (κ3) is 8.40. The summed E-state index contributed by atoms with van der Waals surface area (Å²) in [6.45, 7) is 1.12. The number of hydrogen-bond acceptors (Lipinski definition) is 9. The summed E-state index contributed by atoms with van der Waals surface area (Å²) in [5.41, 5.74) is 0.891. The zero-order chi connectivity index (χ0) is 29.0. The van der Waals surface area contributed by atoms with Gasteiger partial charge in [-0.2, -0.15) is 0 Å². The van der Waals surface area contributed by atoms with Crippen molar-refractivity contribution in [3.8, 4) is 0 Å². The topological polar surface area (TPSA) is 143 Å². The third-order valence-corrected chi connectivity index (χ3v) is 8.12. The lowest BCUT2D eigenvalue weighted by atomic mass is 9.82. The fourth-order valence-electron chi connectivity index (χ4n) is 4.49. The number of nitrogens with one attached hydrogen (secondary N) is 3. The van der Waals surface area contributed by atoms with Crippen LogP contribution >= 0.6 is 57.7 Å². The number of ether oxygens (including phenoxy) is 1. The van der Waals surface area contributed by atoms with Crippen molar-refractivity contribution in [2.75, 3.05) is 25.5 Å². The fourth-order valence-corrected chi connectivity index (χ4v) is 5.86. The molecule has 0 bridgehead atoms. The predicted octanol–water partition coefficient (Wildman–Crippen LogP) is 3.11. The molecule has 0 aromatic carbocycles. The maximum Gasteiger partial charge on any atom is 0.314 e. The highest BCUT2D eigenvalue weighted by atomic mass is 35.6. The summed E-state index contributed by atoms with van der Waals surface area (Å²) in [6, 6.07) is 1.61. The van der Waals surface area contributed by atoms with Gasteiger partial charge in [-0.05, 0) is 38.4 Å². The van der Waals surface area contributed by atoms with Crippen LogP contribution in [0.2, 0.25) is 5.02 Å². The highest BCUT2D eigenvalue weighted by Gasteiger charge is 2.38. The fraction of sp³-hybridized carbons (Fsp3) is 0.500. The van der Waals surface area contributed by atoms with Gasteiger partial charge >= 0.3 is 17.8 Å². The molecule has 16 heteroatoms. The van der Waals surface area contributed by atoms with E-state index < -0.39 is 52.1 Å². The van der Waals surface area contributed by atoms with Gasteiger partial charge in [-0.25, -0.2) is 9.97 Å². The van der Waals surface area contributed by atoms with Gasteiger partial charge in [-0.15, -0.1) is 11.3 Å². The molecule has 0 unspecified atom stereocenters. The molecule has 0 radical (unpaired) electrons. The van der Waals surface area contributed by atoms with Crippen molar-refractivity contribution in [3.63, 3.8) is 0 Å². The van der Waals surface area contributed by atoms with Crippen LogP contribution in [0, 0.1) is 5.92 Å². The van der Waals surface area contributed by atoms with Gasteiger partial charge in [0.2, 0.25) is 3.79 Å². The van der Waals surface area contributed by atoms with E-state index in [1.165, 1.54) is 29.7 Å². The minimum atomic E-state index is -1.77. The molecule has 0 spiro atoms. The van der Waals surface area contributed by atoms with Crippen molar-refractivity contribution >= 4 is 87.2 Å². The first kappa shape index (κ1) is 30.7. The van der Waals surface area contributed by atoms with E-state index in [0.717, 1.165) is 23.5 Å². The van der Waals surface area contributed by atoms with Gasteiger partial charge in [-0.3, -0.25) is 19.2 Å². The van der Waals surface area contributed by atoms with E-state index in [1.54, 1.807) is 0 Å². The second-order valence-electron chi connectivity index (χ2n) is 9.59. The Kier molecular flexibility index (Phi) is 10.1. The van der Waals surface area contributed by atoms with Crippen molar-refractivity contribution in [3.05, 3.63) is 38.9 Å². The molecule has 0 saturated heterocycles.